The van der Waals surface area contributed by atoms with Gasteiger partial charge >= 0.3 is 0 Å². The van der Waals surface area contributed by atoms with Crippen molar-refractivity contribution in [1.82, 2.24) is 10.2 Å². The Morgan fingerprint density at radius 3 is 2.39 bits per heavy atom. The highest BCUT2D eigenvalue weighted by Gasteiger charge is 2.40. The van der Waals surface area contributed by atoms with Crippen LogP contribution in [-0.4, -0.2) is 85.5 Å². The highest BCUT2D eigenvalue weighted by Crippen LogP contribution is 2.45. The second-order valence-electron chi connectivity index (χ2n) is 11.6. The van der Waals surface area contributed by atoms with Crippen molar-refractivity contribution in [3.63, 3.8) is 0 Å². The van der Waals surface area contributed by atoms with Gasteiger partial charge in [0.1, 0.15) is 0 Å². The molecule has 0 amide bonds. The van der Waals surface area contributed by atoms with Crippen LogP contribution in [0.3, 0.4) is 0 Å². The topological polar surface area (TPSA) is 160 Å². The first-order valence-corrected chi connectivity index (χ1v) is 13.8. The zero-order valence-electron chi connectivity index (χ0n) is 23.9. The van der Waals surface area contributed by atoms with Crippen molar-refractivity contribution in [2.45, 2.75) is 92.2 Å². The summed E-state index contributed by atoms with van der Waals surface area (Å²) >= 11 is 6.25. The van der Waals surface area contributed by atoms with E-state index in [0.29, 0.717) is 24.0 Å². The standard InChI is InChI=1S/C28H49ClN2O2.CH4.4H2O/c1-21(2)26(30-15-17-33-27-9-7-6-8-23(27)19-32-5)18-31-16-14-25(28(3,4)20-31)22-10-12-24(29)13-11-22;;;;;/h8,12,21-22,25-27,30H,6-7,9-11,13-20H2,1-5H3;1H4;4*1H2/t22?,25?,26-,27?;;;;;/m0...../s1. The summed E-state index contributed by atoms with van der Waals surface area (Å²) < 4.78 is 11.6. The number of nitrogens with one attached hydrogen (secondary N) is 1. The van der Waals surface area contributed by atoms with Gasteiger partial charge in [-0.05, 0) is 80.2 Å². The van der Waals surface area contributed by atoms with Crippen molar-refractivity contribution in [1.29, 1.82) is 0 Å². The molecule has 38 heavy (non-hydrogen) atoms. The predicted octanol–water partition coefficient (Wildman–Crippen LogP) is 3.35. The van der Waals surface area contributed by atoms with Crippen molar-refractivity contribution in [3.05, 3.63) is 22.8 Å². The fourth-order valence-corrected chi connectivity index (χ4v) is 6.55. The Morgan fingerprint density at radius 2 is 1.82 bits per heavy atom. The number of piperidine rings is 1. The molecular weight excluding hydrogens is 508 g/mol. The molecule has 0 aromatic heterocycles. The zero-order valence-corrected chi connectivity index (χ0v) is 24.6. The molecule has 0 saturated carbocycles. The van der Waals surface area contributed by atoms with Gasteiger partial charge in [-0.15, -0.1) is 0 Å². The van der Waals surface area contributed by atoms with E-state index in [-0.39, 0.29) is 35.4 Å². The van der Waals surface area contributed by atoms with Gasteiger partial charge in [0.05, 0.1) is 19.3 Å². The van der Waals surface area contributed by atoms with Crippen LogP contribution in [0.4, 0.5) is 0 Å². The van der Waals surface area contributed by atoms with E-state index in [1.165, 1.54) is 44.3 Å². The molecule has 3 aliphatic rings. The van der Waals surface area contributed by atoms with E-state index >= 15 is 0 Å². The van der Waals surface area contributed by atoms with Crippen LogP contribution in [0.25, 0.3) is 0 Å². The summed E-state index contributed by atoms with van der Waals surface area (Å²) in [5.41, 5.74) is 1.68. The van der Waals surface area contributed by atoms with Crippen LogP contribution in [0.15, 0.2) is 22.8 Å². The second kappa shape index (κ2) is 20.3. The number of hydrogen-bond acceptors (Lipinski definition) is 4. The van der Waals surface area contributed by atoms with Gasteiger partial charge in [0.25, 0.3) is 0 Å². The van der Waals surface area contributed by atoms with E-state index in [2.05, 4.69) is 50.1 Å². The van der Waals surface area contributed by atoms with Gasteiger partial charge < -0.3 is 41.6 Å². The first-order chi connectivity index (χ1) is 15.8. The van der Waals surface area contributed by atoms with Gasteiger partial charge in [0, 0.05) is 37.8 Å². The summed E-state index contributed by atoms with van der Waals surface area (Å²) in [6.45, 7) is 15.6. The summed E-state index contributed by atoms with van der Waals surface area (Å²) in [5, 5.41) is 4.89. The van der Waals surface area contributed by atoms with E-state index in [1.54, 1.807) is 7.11 Å². The van der Waals surface area contributed by atoms with Crippen LogP contribution in [0.5, 0.6) is 0 Å². The first kappa shape index (κ1) is 41.9. The van der Waals surface area contributed by atoms with Crippen LogP contribution in [0.1, 0.15) is 80.1 Å². The molecule has 1 aliphatic heterocycles. The first-order valence-electron chi connectivity index (χ1n) is 13.4. The zero-order chi connectivity index (χ0) is 23.8. The molecule has 1 heterocycles. The molecule has 0 spiro atoms. The minimum Gasteiger partial charge on any atom is -0.412 e. The fraction of sp³-hybridized carbons (Fsp3) is 0.862. The van der Waals surface area contributed by atoms with Crippen molar-refractivity contribution >= 4 is 11.6 Å². The summed E-state index contributed by atoms with van der Waals surface area (Å²) in [5.74, 6) is 2.21. The lowest BCUT2D eigenvalue weighted by Gasteiger charge is -2.49. The van der Waals surface area contributed by atoms with Gasteiger partial charge in [0.15, 0.2) is 0 Å². The molecule has 9 heteroatoms. The number of nitrogens with zero attached hydrogens (tertiary/aromatic N) is 1. The summed E-state index contributed by atoms with van der Waals surface area (Å²) in [6, 6.07) is 0.498. The number of allylic oxidation sites excluding steroid dienone is 3. The molecule has 4 atom stereocenters. The maximum absolute atomic E-state index is 6.25. The van der Waals surface area contributed by atoms with Crippen molar-refractivity contribution in [2.75, 3.05) is 46.5 Å². The summed E-state index contributed by atoms with van der Waals surface area (Å²) in [6.07, 6.45) is 13.2. The normalized spacial score (nSPS) is 25.7. The van der Waals surface area contributed by atoms with Gasteiger partial charge in [0.2, 0.25) is 0 Å². The molecule has 0 aromatic rings. The molecule has 0 bridgehead atoms. The third-order valence-corrected chi connectivity index (χ3v) is 8.59. The number of ether oxygens (including phenoxy) is 2. The van der Waals surface area contributed by atoms with Gasteiger partial charge in [-0.2, -0.15) is 0 Å². The van der Waals surface area contributed by atoms with Gasteiger partial charge in [-0.3, -0.25) is 0 Å². The van der Waals surface area contributed by atoms with Crippen molar-refractivity contribution in [3.8, 4) is 0 Å². The average molecular weight is 569 g/mol. The molecule has 1 fully saturated rings. The van der Waals surface area contributed by atoms with E-state index < -0.39 is 0 Å². The largest absolute Gasteiger partial charge is 0.412 e. The van der Waals surface area contributed by atoms with Crippen LogP contribution in [0, 0.1) is 23.2 Å². The number of likely N-dealkylation sites (tertiary alicyclic amines) is 1. The number of halogens is 1. The Morgan fingerprint density at radius 1 is 1.11 bits per heavy atom. The Bertz CT molecular complexity index is 673. The monoisotopic (exact) mass is 568 g/mol. The highest BCUT2D eigenvalue weighted by molar-refractivity contribution is 6.29. The maximum atomic E-state index is 6.25. The molecule has 3 rings (SSSR count). The summed E-state index contributed by atoms with van der Waals surface area (Å²) in [7, 11) is 1.77. The van der Waals surface area contributed by atoms with Crippen molar-refractivity contribution < 1.29 is 31.4 Å². The van der Waals surface area contributed by atoms with Gasteiger partial charge in [-0.1, -0.05) is 58.9 Å². The molecule has 1 saturated heterocycles. The van der Waals surface area contributed by atoms with Crippen LogP contribution >= 0.6 is 11.6 Å². The molecule has 8 nitrogen and oxygen atoms in total. The van der Waals surface area contributed by atoms with E-state index in [0.717, 1.165) is 55.8 Å². The molecule has 2 aliphatic carbocycles. The molecule has 9 N–H and O–H groups in total. The molecular formula is C29H61ClN2O6. The number of rotatable bonds is 11. The Hall–Kier alpha value is -0.550. The lowest BCUT2D eigenvalue weighted by molar-refractivity contribution is 0.0104. The van der Waals surface area contributed by atoms with E-state index in [9.17, 15) is 0 Å². The van der Waals surface area contributed by atoms with Crippen molar-refractivity contribution in [2.24, 2.45) is 23.2 Å². The molecule has 230 valence electrons. The molecule has 0 aromatic carbocycles. The quantitative estimate of drug-likeness (QED) is 0.299. The smallest absolute Gasteiger partial charge is 0.0807 e. The highest BCUT2D eigenvalue weighted by atomic mass is 35.5. The Balaban J connectivity index is -0.00000245. The van der Waals surface area contributed by atoms with E-state index in [1.807, 2.05) is 0 Å². The second-order valence-corrected chi connectivity index (χ2v) is 12.1. The van der Waals surface area contributed by atoms with Gasteiger partial charge in [-0.25, -0.2) is 0 Å². The van der Waals surface area contributed by atoms with E-state index in [4.69, 9.17) is 21.1 Å². The minimum atomic E-state index is 0. The SMILES string of the molecule is C.COCC1=CCCCC1OCCN[C@@H](CN1CCC(C2CC=C(Cl)CC2)C(C)(C)C1)C(C)C.O.O.O.O. The molecule has 0 radical (unpaired) electrons. The van der Waals surface area contributed by atoms with Crippen LogP contribution in [0.2, 0.25) is 0 Å². The summed E-state index contributed by atoms with van der Waals surface area (Å²) in [4.78, 5) is 2.71. The third-order valence-electron chi connectivity index (χ3n) is 8.25. The average Bonchev–Trinajstić information content (AvgIpc) is 2.77. The van der Waals surface area contributed by atoms with Crippen LogP contribution in [-0.2, 0) is 9.47 Å². The third kappa shape index (κ3) is 12.3. The number of hydrogen-bond donors (Lipinski definition) is 1. The fourth-order valence-electron chi connectivity index (χ4n) is 6.35. The Kier molecular flexibility index (Phi) is 22.4. The Labute approximate surface area is 237 Å². The maximum Gasteiger partial charge on any atom is 0.0807 e. The molecule has 3 unspecified atom stereocenters. The minimum absolute atomic E-state index is 0. The lowest BCUT2D eigenvalue weighted by atomic mass is 9.65. The lowest BCUT2D eigenvalue weighted by Crippen LogP contribution is -2.53. The number of methoxy groups -OCH3 is 1. The van der Waals surface area contributed by atoms with Crippen LogP contribution < -0.4 is 5.32 Å². The predicted molar refractivity (Wildman–Crippen MR) is 161 cm³/mol.